The van der Waals surface area contributed by atoms with Gasteiger partial charge in [-0.2, -0.15) is 0 Å². The molecule has 0 aliphatic rings. The molecule has 0 unspecified atom stereocenters. The smallest absolute Gasteiger partial charge is 0.226 e. The summed E-state index contributed by atoms with van der Waals surface area (Å²) in [4.78, 5) is 10.1. The van der Waals surface area contributed by atoms with Gasteiger partial charge in [0.2, 0.25) is 11.0 Å². The van der Waals surface area contributed by atoms with Gasteiger partial charge >= 0.3 is 0 Å². The van der Waals surface area contributed by atoms with E-state index in [2.05, 4.69) is 20.2 Å². The molecule has 3 aromatic heterocycles. The summed E-state index contributed by atoms with van der Waals surface area (Å²) >= 11 is 3.16. The van der Waals surface area contributed by atoms with E-state index in [1.54, 1.807) is 17.6 Å². The van der Waals surface area contributed by atoms with Gasteiger partial charge in [-0.3, -0.25) is 5.10 Å². The zero-order valence-electron chi connectivity index (χ0n) is 12.0. The molecule has 0 atom stereocenters. The molecule has 114 valence electrons. The molecule has 0 saturated heterocycles. The van der Waals surface area contributed by atoms with Crippen LogP contribution in [0.2, 0.25) is 0 Å². The highest BCUT2D eigenvalue weighted by Gasteiger charge is 2.10. The molecule has 0 aliphatic heterocycles. The maximum absolute atomic E-state index is 5.53. The van der Waals surface area contributed by atoms with Crippen LogP contribution in [0.1, 0.15) is 5.69 Å². The predicted molar refractivity (Wildman–Crippen MR) is 91.2 cm³/mol. The number of hydrogen-bond donors (Lipinski definition) is 1. The van der Waals surface area contributed by atoms with Crippen molar-refractivity contribution in [1.29, 1.82) is 0 Å². The average Bonchev–Trinajstić information content (AvgIpc) is 3.33. The van der Waals surface area contributed by atoms with Crippen LogP contribution in [0, 0.1) is 0 Å². The van der Waals surface area contributed by atoms with Crippen LogP contribution in [0.15, 0.2) is 63.7 Å². The Morgan fingerprint density at radius 2 is 2.00 bits per heavy atom. The third kappa shape index (κ3) is 3.20. The van der Waals surface area contributed by atoms with Crippen LogP contribution in [-0.2, 0) is 5.75 Å². The maximum atomic E-state index is 5.53. The second kappa shape index (κ2) is 6.39. The van der Waals surface area contributed by atoms with E-state index in [0.717, 1.165) is 22.0 Å². The zero-order valence-corrected chi connectivity index (χ0v) is 13.6. The molecule has 0 saturated carbocycles. The van der Waals surface area contributed by atoms with Gasteiger partial charge in [0, 0.05) is 11.3 Å². The number of rotatable bonds is 5. The van der Waals surface area contributed by atoms with Crippen LogP contribution in [-0.4, -0.2) is 20.2 Å². The summed E-state index contributed by atoms with van der Waals surface area (Å²) in [5, 5.41) is 9.91. The van der Waals surface area contributed by atoms with Gasteiger partial charge in [0.25, 0.3) is 0 Å². The molecule has 4 aromatic rings. The van der Waals surface area contributed by atoms with Gasteiger partial charge in [-0.05, 0) is 23.6 Å². The molecule has 0 fully saturated rings. The second-order valence-corrected chi connectivity index (χ2v) is 6.63. The van der Waals surface area contributed by atoms with Crippen LogP contribution in [0.4, 0.5) is 0 Å². The summed E-state index contributed by atoms with van der Waals surface area (Å²) < 4.78 is 5.53. The van der Waals surface area contributed by atoms with Crippen molar-refractivity contribution in [3.63, 3.8) is 0 Å². The number of thioether (sulfide) groups is 1. The number of nitrogens with zero attached hydrogens (tertiary/aromatic N) is 3. The lowest BCUT2D eigenvalue weighted by molar-refractivity contribution is 0.573. The van der Waals surface area contributed by atoms with Crippen LogP contribution in [0.5, 0.6) is 0 Å². The van der Waals surface area contributed by atoms with Crippen molar-refractivity contribution in [2.24, 2.45) is 0 Å². The summed E-state index contributed by atoms with van der Waals surface area (Å²) in [5.41, 5.74) is 1.85. The monoisotopic (exact) mass is 340 g/mol. The fraction of sp³-hybridized carbons (Fsp3) is 0.0625. The molecule has 4 rings (SSSR count). The number of nitrogens with one attached hydrogen (secondary N) is 1. The number of hydrogen-bond acceptors (Lipinski definition) is 6. The van der Waals surface area contributed by atoms with E-state index in [1.165, 1.54) is 11.8 Å². The molecular formula is C16H12N4OS2. The maximum Gasteiger partial charge on any atom is 0.226 e. The normalized spacial score (nSPS) is 11.0. The van der Waals surface area contributed by atoms with Crippen molar-refractivity contribution in [1.82, 2.24) is 20.2 Å². The molecule has 0 aliphatic carbocycles. The highest BCUT2D eigenvalue weighted by Crippen LogP contribution is 2.26. The fourth-order valence-electron chi connectivity index (χ4n) is 2.06. The summed E-state index contributed by atoms with van der Waals surface area (Å²) in [5.74, 6) is 2.10. The number of aromatic nitrogens is 4. The lowest BCUT2D eigenvalue weighted by Gasteiger charge is -1.93. The van der Waals surface area contributed by atoms with Crippen LogP contribution in [0.3, 0.4) is 0 Å². The minimum Gasteiger partial charge on any atom is -0.444 e. The van der Waals surface area contributed by atoms with Crippen molar-refractivity contribution < 1.29 is 4.42 Å². The van der Waals surface area contributed by atoms with E-state index >= 15 is 0 Å². The highest BCUT2D eigenvalue weighted by atomic mass is 32.2. The summed E-state index contributed by atoms with van der Waals surface area (Å²) in [6.45, 7) is 0. The van der Waals surface area contributed by atoms with Gasteiger partial charge in [-0.25, -0.2) is 9.97 Å². The Morgan fingerprint density at radius 3 is 2.83 bits per heavy atom. The first-order valence-corrected chi connectivity index (χ1v) is 8.84. The predicted octanol–water partition coefficient (Wildman–Crippen LogP) is 4.48. The first-order valence-electron chi connectivity index (χ1n) is 6.97. The number of benzene rings is 1. The van der Waals surface area contributed by atoms with Gasteiger partial charge in [-0.15, -0.1) is 16.4 Å². The van der Waals surface area contributed by atoms with Gasteiger partial charge in [0.15, 0.2) is 5.82 Å². The number of H-pyrrole nitrogens is 1. The fourth-order valence-corrected chi connectivity index (χ4v) is 3.40. The van der Waals surface area contributed by atoms with E-state index in [0.29, 0.717) is 16.8 Å². The molecule has 1 N–H and O–H groups in total. The minimum atomic E-state index is 0.635. The van der Waals surface area contributed by atoms with E-state index in [1.807, 2.05) is 47.8 Å². The quantitative estimate of drug-likeness (QED) is 0.543. The molecule has 0 amide bonds. The Morgan fingerprint density at radius 1 is 1.09 bits per heavy atom. The third-order valence-electron chi connectivity index (χ3n) is 3.14. The Hall–Kier alpha value is -2.38. The van der Waals surface area contributed by atoms with Crippen molar-refractivity contribution in [3.05, 3.63) is 59.8 Å². The highest BCUT2D eigenvalue weighted by molar-refractivity contribution is 7.98. The average molecular weight is 340 g/mol. The third-order valence-corrected chi connectivity index (χ3v) is 4.90. The SMILES string of the molecule is c1ccc(-c2nc(CSc3n[nH]c(-c4cccs4)n3)co2)cc1. The molecule has 0 radical (unpaired) electrons. The second-order valence-electron chi connectivity index (χ2n) is 4.74. The number of aromatic amines is 1. The first-order chi connectivity index (χ1) is 11.4. The van der Waals surface area contributed by atoms with Crippen LogP contribution < -0.4 is 0 Å². The molecule has 1 aromatic carbocycles. The lowest BCUT2D eigenvalue weighted by atomic mass is 10.2. The Bertz CT molecular complexity index is 884. The van der Waals surface area contributed by atoms with Crippen LogP contribution in [0.25, 0.3) is 22.2 Å². The van der Waals surface area contributed by atoms with Crippen molar-refractivity contribution in [2.75, 3.05) is 0 Å². The Balaban J connectivity index is 1.43. The summed E-state index contributed by atoms with van der Waals surface area (Å²) in [7, 11) is 0. The summed E-state index contributed by atoms with van der Waals surface area (Å²) in [6.07, 6.45) is 1.68. The summed E-state index contributed by atoms with van der Waals surface area (Å²) in [6, 6.07) is 13.9. The zero-order chi connectivity index (χ0) is 15.5. The van der Waals surface area contributed by atoms with Gasteiger partial charge in [-0.1, -0.05) is 36.0 Å². The molecular weight excluding hydrogens is 328 g/mol. The molecule has 5 nitrogen and oxygen atoms in total. The Labute approximate surface area is 140 Å². The van der Waals surface area contributed by atoms with Gasteiger partial charge in [0.1, 0.15) is 6.26 Å². The largest absolute Gasteiger partial charge is 0.444 e. The lowest BCUT2D eigenvalue weighted by Crippen LogP contribution is -1.83. The van der Waals surface area contributed by atoms with E-state index in [-0.39, 0.29) is 0 Å². The molecule has 3 heterocycles. The number of thiophene rings is 1. The van der Waals surface area contributed by atoms with E-state index in [4.69, 9.17) is 4.42 Å². The van der Waals surface area contributed by atoms with E-state index < -0.39 is 0 Å². The number of oxazole rings is 1. The van der Waals surface area contributed by atoms with Gasteiger partial charge in [0.05, 0.1) is 10.6 Å². The topological polar surface area (TPSA) is 67.6 Å². The van der Waals surface area contributed by atoms with Crippen molar-refractivity contribution >= 4 is 23.1 Å². The van der Waals surface area contributed by atoms with Crippen LogP contribution >= 0.6 is 23.1 Å². The van der Waals surface area contributed by atoms with Crippen molar-refractivity contribution in [3.8, 4) is 22.2 Å². The Kier molecular flexibility index (Phi) is 3.95. The molecule has 0 bridgehead atoms. The van der Waals surface area contributed by atoms with Gasteiger partial charge < -0.3 is 4.42 Å². The molecule has 7 heteroatoms. The van der Waals surface area contributed by atoms with Crippen molar-refractivity contribution in [2.45, 2.75) is 10.9 Å². The molecule has 0 spiro atoms. The standard InChI is InChI=1S/C16H12N4OS2/c1-2-5-11(6-3-1)15-17-12(9-21-15)10-23-16-18-14(19-20-16)13-7-4-8-22-13/h1-9H,10H2,(H,18,19,20). The molecule has 23 heavy (non-hydrogen) atoms. The minimum absolute atomic E-state index is 0.635. The van der Waals surface area contributed by atoms with E-state index in [9.17, 15) is 0 Å². The first kappa shape index (κ1) is 14.2.